The van der Waals surface area contributed by atoms with Gasteiger partial charge in [0.1, 0.15) is 29.9 Å². The van der Waals surface area contributed by atoms with Crippen LogP contribution in [0.15, 0.2) is 60.2 Å². The third-order valence-electron chi connectivity index (χ3n) is 5.49. The fourth-order valence-electron chi connectivity index (χ4n) is 3.66. The Balaban J connectivity index is 1.86. The monoisotopic (exact) mass is 465 g/mol. The van der Waals surface area contributed by atoms with Crippen molar-refractivity contribution in [1.29, 1.82) is 0 Å². The van der Waals surface area contributed by atoms with Crippen LogP contribution in [0.1, 0.15) is 24.1 Å². The van der Waals surface area contributed by atoms with Gasteiger partial charge in [-0.1, -0.05) is 6.07 Å². The van der Waals surface area contributed by atoms with Crippen molar-refractivity contribution in [3.63, 3.8) is 0 Å². The molecule has 1 N–H and O–H groups in total. The van der Waals surface area contributed by atoms with Crippen LogP contribution in [0.3, 0.4) is 0 Å². The molecule has 0 saturated heterocycles. The fraction of sp³-hybridized carbons (Fsp3) is 0.238. The van der Waals surface area contributed by atoms with E-state index in [4.69, 9.17) is 0 Å². The summed E-state index contributed by atoms with van der Waals surface area (Å²) >= 11 is 0. The molecule has 7 nitrogen and oxygen atoms in total. The average molecular weight is 465 g/mol. The van der Waals surface area contributed by atoms with Gasteiger partial charge in [-0.25, -0.2) is 23.4 Å². The Morgan fingerprint density at radius 2 is 1.85 bits per heavy atom. The van der Waals surface area contributed by atoms with Crippen LogP contribution in [-0.4, -0.2) is 29.4 Å². The first-order valence-electron chi connectivity index (χ1n) is 9.59. The van der Waals surface area contributed by atoms with E-state index >= 15 is 0 Å². The highest BCUT2D eigenvalue weighted by molar-refractivity contribution is 5.78. The van der Waals surface area contributed by atoms with Gasteiger partial charge in [-0.3, -0.25) is 9.36 Å². The number of hydrogen-bond acceptors (Lipinski definition) is 5. The van der Waals surface area contributed by atoms with Crippen LogP contribution in [-0.2, 0) is 18.3 Å². The maximum Gasteiger partial charge on any atom is 0.416 e. The average Bonchev–Trinajstić information content (AvgIpc) is 3.25. The molecule has 0 saturated carbocycles. The number of alkyl halides is 3. The maximum atomic E-state index is 14.7. The third kappa shape index (κ3) is 4.09. The lowest BCUT2D eigenvalue weighted by atomic mass is 9.86. The number of halogens is 5. The smallest absolute Gasteiger partial charge is 0.381 e. The highest BCUT2D eigenvalue weighted by atomic mass is 19.4. The second-order valence-electron chi connectivity index (χ2n) is 7.50. The molecule has 2 atom stereocenters. The molecule has 2 heterocycles. The molecule has 33 heavy (non-hydrogen) atoms. The molecule has 0 bridgehead atoms. The standard InChI is InChI=1S/C21H16F5N5O2/c1-12(31-11-28-18-6-13(21(24,25)26)2-4-15(18)19(31)32)20(33,8-30-10-27-9-29-30)16-5-3-14(22)7-17(16)23/h2-7,9-12,33H,8H2,1H3/t12-,20+/m0/s1. The van der Waals surface area contributed by atoms with Crippen molar-refractivity contribution < 1.29 is 27.1 Å². The van der Waals surface area contributed by atoms with E-state index < -0.39 is 40.6 Å². The van der Waals surface area contributed by atoms with Crippen LogP contribution >= 0.6 is 0 Å². The van der Waals surface area contributed by atoms with Gasteiger partial charge in [0.25, 0.3) is 5.56 Å². The summed E-state index contributed by atoms with van der Waals surface area (Å²) in [5, 5.41) is 15.4. The molecule has 0 amide bonds. The van der Waals surface area contributed by atoms with Gasteiger partial charge in [0.2, 0.25) is 0 Å². The molecular formula is C21H16F5N5O2. The van der Waals surface area contributed by atoms with E-state index in [1.807, 2.05) is 0 Å². The van der Waals surface area contributed by atoms with Gasteiger partial charge >= 0.3 is 6.18 Å². The van der Waals surface area contributed by atoms with E-state index in [9.17, 15) is 31.9 Å². The molecule has 0 radical (unpaired) electrons. The molecule has 0 aliphatic heterocycles. The van der Waals surface area contributed by atoms with Gasteiger partial charge in [0, 0.05) is 11.6 Å². The van der Waals surface area contributed by atoms with Gasteiger partial charge in [-0.05, 0) is 31.2 Å². The molecule has 2 aromatic heterocycles. The maximum absolute atomic E-state index is 14.7. The molecule has 0 aliphatic rings. The molecule has 4 aromatic rings. The van der Waals surface area contributed by atoms with E-state index in [1.165, 1.54) is 24.3 Å². The summed E-state index contributed by atoms with van der Waals surface area (Å²) < 4.78 is 69.4. The SMILES string of the molecule is C[C@H](n1cnc2cc(C(F)(F)F)ccc2c1=O)[C@](O)(Cn1cncn1)c1ccc(F)cc1F. The predicted octanol–water partition coefficient (Wildman–Crippen LogP) is 3.43. The number of rotatable bonds is 5. The second kappa shape index (κ2) is 8.03. The molecule has 4 rings (SSSR count). The van der Waals surface area contributed by atoms with Crippen LogP contribution in [0.2, 0.25) is 0 Å². The minimum atomic E-state index is -4.61. The van der Waals surface area contributed by atoms with Crippen LogP contribution < -0.4 is 5.56 Å². The Morgan fingerprint density at radius 1 is 1.09 bits per heavy atom. The van der Waals surface area contributed by atoms with Gasteiger partial charge in [0.15, 0.2) is 0 Å². The molecule has 0 fully saturated rings. The second-order valence-corrected chi connectivity index (χ2v) is 7.50. The Labute approximate surface area is 182 Å². The first kappa shape index (κ1) is 22.5. The number of fused-ring (bicyclic) bond motifs is 1. The molecule has 12 heteroatoms. The van der Waals surface area contributed by atoms with Crippen molar-refractivity contribution in [2.45, 2.75) is 31.3 Å². The minimum absolute atomic E-state index is 0.125. The van der Waals surface area contributed by atoms with Crippen molar-refractivity contribution in [2.75, 3.05) is 0 Å². The van der Waals surface area contributed by atoms with Gasteiger partial charge in [-0.2, -0.15) is 18.3 Å². The zero-order valence-corrected chi connectivity index (χ0v) is 17.0. The Hall–Kier alpha value is -3.67. The summed E-state index contributed by atoms with van der Waals surface area (Å²) in [7, 11) is 0. The Morgan fingerprint density at radius 3 is 2.48 bits per heavy atom. The van der Waals surface area contributed by atoms with Crippen molar-refractivity contribution >= 4 is 10.9 Å². The van der Waals surface area contributed by atoms with Crippen molar-refractivity contribution in [3.05, 3.63) is 88.5 Å². The molecule has 0 spiro atoms. The number of aromatic nitrogens is 5. The lowest BCUT2D eigenvalue weighted by Crippen LogP contribution is -2.43. The van der Waals surface area contributed by atoms with E-state index in [1.54, 1.807) is 0 Å². The fourth-order valence-corrected chi connectivity index (χ4v) is 3.66. The first-order valence-corrected chi connectivity index (χ1v) is 9.59. The number of aliphatic hydroxyl groups is 1. The quantitative estimate of drug-likeness (QED) is 0.457. The van der Waals surface area contributed by atoms with Gasteiger partial charge < -0.3 is 5.11 Å². The Kier molecular flexibility index (Phi) is 5.48. The van der Waals surface area contributed by atoms with Crippen LogP contribution in [0.25, 0.3) is 10.9 Å². The van der Waals surface area contributed by atoms with E-state index in [0.717, 1.165) is 41.2 Å². The van der Waals surface area contributed by atoms with E-state index in [2.05, 4.69) is 15.1 Å². The van der Waals surface area contributed by atoms with Crippen LogP contribution in [0.4, 0.5) is 22.0 Å². The number of benzene rings is 2. The van der Waals surface area contributed by atoms with Crippen molar-refractivity contribution in [2.24, 2.45) is 0 Å². The third-order valence-corrected chi connectivity index (χ3v) is 5.49. The molecular weight excluding hydrogens is 449 g/mol. The van der Waals surface area contributed by atoms with Crippen molar-refractivity contribution in [1.82, 2.24) is 24.3 Å². The number of hydrogen-bond donors (Lipinski definition) is 1. The van der Waals surface area contributed by atoms with Crippen LogP contribution in [0.5, 0.6) is 0 Å². The highest BCUT2D eigenvalue weighted by Crippen LogP contribution is 2.36. The zero-order valence-electron chi connectivity index (χ0n) is 17.0. The number of nitrogens with zero attached hydrogens (tertiary/aromatic N) is 5. The molecule has 172 valence electrons. The zero-order chi connectivity index (χ0) is 24.0. The summed E-state index contributed by atoms with van der Waals surface area (Å²) in [4.78, 5) is 20.8. The van der Waals surface area contributed by atoms with E-state index in [0.29, 0.717) is 6.07 Å². The molecule has 2 aromatic carbocycles. The van der Waals surface area contributed by atoms with Crippen LogP contribution in [0, 0.1) is 11.6 Å². The van der Waals surface area contributed by atoms with E-state index in [-0.39, 0.29) is 23.0 Å². The van der Waals surface area contributed by atoms with Gasteiger partial charge in [-0.15, -0.1) is 0 Å². The Bertz CT molecular complexity index is 1370. The highest BCUT2D eigenvalue weighted by Gasteiger charge is 2.41. The minimum Gasteiger partial charge on any atom is -0.381 e. The summed E-state index contributed by atoms with van der Waals surface area (Å²) in [6.45, 7) is 1.03. The topological polar surface area (TPSA) is 85.8 Å². The summed E-state index contributed by atoms with van der Waals surface area (Å²) in [5.41, 5.74) is -4.36. The lowest BCUT2D eigenvalue weighted by molar-refractivity contribution is -0.137. The first-order chi connectivity index (χ1) is 15.5. The molecule has 0 unspecified atom stereocenters. The normalized spacial score (nSPS) is 14.9. The van der Waals surface area contributed by atoms with Gasteiger partial charge in [0.05, 0.1) is 35.4 Å². The summed E-state index contributed by atoms with van der Waals surface area (Å²) in [5.74, 6) is -1.92. The van der Waals surface area contributed by atoms with Crippen molar-refractivity contribution in [3.8, 4) is 0 Å². The predicted molar refractivity (Wildman–Crippen MR) is 106 cm³/mol. The molecule has 0 aliphatic carbocycles. The summed E-state index contributed by atoms with van der Waals surface area (Å²) in [6, 6.07) is 3.88. The largest absolute Gasteiger partial charge is 0.416 e. The summed E-state index contributed by atoms with van der Waals surface area (Å²) in [6.07, 6.45) is -1.19. The lowest BCUT2D eigenvalue weighted by Gasteiger charge is -2.35.